The minimum absolute atomic E-state index is 0.0203. The highest BCUT2D eigenvalue weighted by molar-refractivity contribution is 9.10. The zero-order chi connectivity index (χ0) is 17.4. The molecule has 1 N–H and O–H groups in total. The van der Waals surface area contributed by atoms with Gasteiger partial charge in [-0.05, 0) is 35.4 Å². The normalized spacial score (nSPS) is 10.3. The molecule has 6 heteroatoms. The van der Waals surface area contributed by atoms with Crippen molar-refractivity contribution in [3.8, 4) is 11.5 Å². The van der Waals surface area contributed by atoms with Crippen LogP contribution in [0.4, 0.5) is 0 Å². The van der Waals surface area contributed by atoms with Gasteiger partial charge in [-0.15, -0.1) is 11.8 Å². The first kappa shape index (κ1) is 18.7. The Hall–Kier alpha value is -1.66. The molecule has 24 heavy (non-hydrogen) atoms. The fraction of sp³-hybridized carbons (Fsp3) is 0.278. The molecule has 4 nitrogen and oxygen atoms in total. The van der Waals surface area contributed by atoms with Gasteiger partial charge in [-0.2, -0.15) is 0 Å². The molecule has 0 aliphatic rings. The molecule has 0 bridgehead atoms. The Labute approximate surface area is 155 Å². The second-order valence-corrected chi connectivity index (χ2v) is 6.99. The summed E-state index contributed by atoms with van der Waals surface area (Å²) in [5.41, 5.74) is 2.18. The summed E-state index contributed by atoms with van der Waals surface area (Å²) in [6, 6.07) is 13.7. The fourth-order valence-electron chi connectivity index (χ4n) is 2.08. The summed E-state index contributed by atoms with van der Waals surface area (Å²) in [5.74, 6) is 2.61. The number of thioether (sulfide) groups is 1. The molecule has 0 radical (unpaired) electrons. The number of methoxy groups -OCH3 is 2. The van der Waals surface area contributed by atoms with Crippen LogP contribution in [0.1, 0.15) is 11.1 Å². The number of rotatable bonds is 8. The molecule has 2 rings (SSSR count). The molecule has 0 heterocycles. The van der Waals surface area contributed by atoms with Crippen LogP contribution in [0.25, 0.3) is 0 Å². The van der Waals surface area contributed by atoms with Gasteiger partial charge in [0.2, 0.25) is 5.91 Å². The Kier molecular flexibility index (Phi) is 7.46. The number of halogens is 1. The van der Waals surface area contributed by atoms with Crippen molar-refractivity contribution in [1.82, 2.24) is 5.32 Å². The third-order valence-corrected chi connectivity index (χ3v) is 4.89. The first-order valence-corrected chi connectivity index (χ1v) is 9.37. The number of amides is 1. The molecule has 2 aromatic rings. The van der Waals surface area contributed by atoms with Gasteiger partial charge in [-0.25, -0.2) is 0 Å². The Morgan fingerprint density at radius 3 is 2.38 bits per heavy atom. The van der Waals surface area contributed by atoms with Gasteiger partial charge < -0.3 is 14.8 Å². The first-order chi connectivity index (χ1) is 11.6. The van der Waals surface area contributed by atoms with Crippen molar-refractivity contribution < 1.29 is 14.3 Å². The van der Waals surface area contributed by atoms with Gasteiger partial charge in [-0.3, -0.25) is 4.79 Å². The maximum Gasteiger partial charge on any atom is 0.230 e. The summed E-state index contributed by atoms with van der Waals surface area (Å²) in [5, 5.41) is 2.92. The van der Waals surface area contributed by atoms with E-state index in [1.807, 2.05) is 30.3 Å². The summed E-state index contributed by atoms with van der Waals surface area (Å²) in [6.07, 6.45) is 0. The molecule has 0 saturated heterocycles. The van der Waals surface area contributed by atoms with E-state index in [9.17, 15) is 4.79 Å². The van der Waals surface area contributed by atoms with Crippen LogP contribution in [-0.4, -0.2) is 25.9 Å². The Bertz CT molecular complexity index is 676. The van der Waals surface area contributed by atoms with Gasteiger partial charge in [0, 0.05) is 16.8 Å². The summed E-state index contributed by atoms with van der Waals surface area (Å²) >= 11 is 5.01. The van der Waals surface area contributed by atoms with E-state index in [-0.39, 0.29) is 5.91 Å². The minimum Gasteiger partial charge on any atom is -0.493 e. The number of carbonyl (C=O) groups excluding carboxylic acids is 1. The van der Waals surface area contributed by atoms with Crippen molar-refractivity contribution in [2.24, 2.45) is 0 Å². The number of ether oxygens (including phenoxy) is 2. The summed E-state index contributed by atoms with van der Waals surface area (Å²) in [6.45, 7) is 0.470. The van der Waals surface area contributed by atoms with Crippen LogP contribution in [0.5, 0.6) is 11.5 Å². The quantitative estimate of drug-likeness (QED) is 0.714. The summed E-state index contributed by atoms with van der Waals surface area (Å²) < 4.78 is 11.5. The molecule has 0 saturated carbocycles. The van der Waals surface area contributed by atoms with E-state index in [0.29, 0.717) is 23.8 Å². The monoisotopic (exact) mass is 409 g/mol. The molecule has 128 valence electrons. The van der Waals surface area contributed by atoms with Crippen LogP contribution < -0.4 is 14.8 Å². The maximum absolute atomic E-state index is 11.9. The molecule has 0 aliphatic heterocycles. The van der Waals surface area contributed by atoms with Gasteiger partial charge in [0.15, 0.2) is 11.5 Å². The van der Waals surface area contributed by atoms with Crippen molar-refractivity contribution in [2.75, 3.05) is 20.0 Å². The van der Waals surface area contributed by atoms with Gasteiger partial charge in [0.1, 0.15) is 0 Å². The van der Waals surface area contributed by atoms with E-state index in [2.05, 4.69) is 33.4 Å². The lowest BCUT2D eigenvalue weighted by Crippen LogP contribution is -2.24. The molecule has 0 atom stereocenters. The largest absolute Gasteiger partial charge is 0.493 e. The molecule has 0 unspecified atom stereocenters. The molecule has 0 fully saturated rings. The topological polar surface area (TPSA) is 47.6 Å². The van der Waals surface area contributed by atoms with Crippen LogP contribution in [0.15, 0.2) is 46.9 Å². The average molecular weight is 410 g/mol. The van der Waals surface area contributed by atoms with Crippen molar-refractivity contribution in [2.45, 2.75) is 12.3 Å². The molecular weight excluding hydrogens is 390 g/mol. The zero-order valence-corrected chi connectivity index (χ0v) is 16.1. The van der Waals surface area contributed by atoms with E-state index in [1.54, 1.807) is 26.0 Å². The SMILES string of the molecule is COc1ccc(CNC(=O)CSCc2ccc(Br)cc2)cc1OC. The zero-order valence-electron chi connectivity index (χ0n) is 13.7. The molecular formula is C18H20BrNO3S. The molecule has 1 amide bonds. The lowest BCUT2D eigenvalue weighted by atomic mass is 10.2. The third kappa shape index (κ3) is 5.76. The van der Waals surface area contributed by atoms with Crippen LogP contribution >= 0.6 is 27.7 Å². The smallest absolute Gasteiger partial charge is 0.230 e. The van der Waals surface area contributed by atoms with Crippen molar-refractivity contribution >= 4 is 33.6 Å². The number of hydrogen-bond donors (Lipinski definition) is 1. The number of benzene rings is 2. The van der Waals surface area contributed by atoms with E-state index in [1.165, 1.54) is 5.56 Å². The van der Waals surface area contributed by atoms with Gasteiger partial charge in [-0.1, -0.05) is 34.1 Å². The van der Waals surface area contributed by atoms with Gasteiger partial charge >= 0.3 is 0 Å². The Morgan fingerprint density at radius 2 is 1.71 bits per heavy atom. The molecule has 2 aromatic carbocycles. The third-order valence-electron chi connectivity index (χ3n) is 3.35. The van der Waals surface area contributed by atoms with Crippen LogP contribution in [0, 0.1) is 0 Å². The Balaban J connectivity index is 1.75. The first-order valence-electron chi connectivity index (χ1n) is 7.42. The lowest BCUT2D eigenvalue weighted by Gasteiger charge is -2.10. The van der Waals surface area contributed by atoms with Crippen molar-refractivity contribution in [3.63, 3.8) is 0 Å². The van der Waals surface area contributed by atoms with Gasteiger partial charge in [0.05, 0.1) is 20.0 Å². The minimum atomic E-state index is 0.0203. The van der Waals surface area contributed by atoms with E-state index >= 15 is 0 Å². The molecule has 0 aliphatic carbocycles. The Morgan fingerprint density at radius 1 is 1.04 bits per heavy atom. The highest BCUT2D eigenvalue weighted by Crippen LogP contribution is 2.27. The van der Waals surface area contributed by atoms with Crippen LogP contribution in [0.3, 0.4) is 0 Å². The maximum atomic E-state index is 11.9. The predicted molar refractivity (Wildman–Crippen MR) is 102 cm³/mol. The van der Waals surface area contributed by atoms with Crippen LogP contribution in [0.2, 0.25) is 0 Å². The lowest BCUT2D eigenvalue weighted by molar-refractivity contribution is -0.118. The van der Waals surface area contributed by atoms with Crippen LogP contribution in [-0.2, 0) is 17.1 Å². The fourth-order valence-corrected chi connectivity index (χ4v) is 3.17. The number of nitrogens with one attached hydrogen (secondary N) is 1. The predicted octanol–water partition coefficient (Wildman–Crippen LogP) is 4.02. The second-order valence-electron chi connectivity index (χ2n) is 5.09. The number of hydrogen-bond acceptors (Lipinski definition) is 4. The van der Waals surface area contributed by atoms with E-state index in [4.69, 9.17) is 9.47 Å². The summed E-state index contributed by atoms with van der Waals surface area (Å²) in [7, 11) is 3.20. The van der Waals surface area contributed by atoms with Gasteiger partial charge in [0.25, 0.3) is 0 Å². The average Bonchev–Trinajstić information content (AvgIpc) is 2.61. The molecule has 0 aromatic heterocycles. The highest BCUT2D eigenvalue weighted by Gasteiger charge is 2.06. The van der Waals surface area contributed by atoms with Crippen molar-refractivity contribution in [1.29, 1.82) is 0 Å². The standard InChI is InChI=1S/C18H20BrNO3S/c1-22-16-8-5-14(9-17(16)23-2)10-20-18(21)12-24-11-13-3-6-15(19)7-4-13/h3-9H,10-12H2,1-2H3,(H,20,21). The highest BCUT2D eigenvalue weighted by atomic mass is 79.9. The summed E-state index contributed by atoms with van der Waals surface area (Å²) in [4.78, 5) is 11.9. The molecule has 0 spiro atoms. The second kappa shape index (κ2) is 9.59. The van der Waals surface area contributed by atoms with Crippen molar-refractivity contribution in [3.05, 3.63) is 58.1 Å². The number of carbonyl (C=O) groups is 1. The van der Waals surface area contributed by atoms with E-state index in [0.717, 1.165) is 15.8 Å². The van der Waals surface area contributed by atoms with E-state index < -0.39 is 0 Å².